The van der Waals surface area contributed by atoms with Crippen molar-refractivity contribution in [3.63, 3.8) is 0 Å². The Morgan fingerprint density at radius 3 is 2.62 bits per heavy atom. The Morgan fingerprint density at radius 2 is 1.88 bits per heavy atom. The van der Waals surface area contributed by atoms with Crippen LogP contribution in [0.4, 0.5) is 5.69 Å². The third-order valence-corrected chi connectivity index (χ3v) is 2.25. The predicted molar refractivity (Wildman–Crippen MR) is 66.6 cm³/mol. The van der Waals surface area contributed by atoms with E-state index in [4.69, 9.17) is 0 Å². The van der Waals surface area contributed by atoms with Crippen molar-refractivity contribution in [3.8, 4) is 0 Å². The molecule has 0 spiro atoms. The Morgan fingerprint density at radius 1 is 1.12 bits per heavy atom. The third kappa shape index (κ3) is 2.67. The lowest BCUT2D eigenvalue weighted by molar-refractivity contribution is 1.30. The van der Waals surface area contributed by atoms with Crippen LogP contribution in [-0.2, 0) is 0 Å². The van der Waals surface area contributed by atoms with Crippen LogP contribution in [0.25, 0.3) is 0 Å². The number of rotatable bonds is 3. The molecule has 3 nitrogen and oxygen atoms in total. The summed E-state index contributed by atoms with van der Waals surface area (Å²) in [5.41, 5.74) is 6.23. The Bertz CT molecular complexity index is 478. The largest absolute Gasteiger partial charge is 0.278 e. The van der Waals surface area contributed by atoms with E-state index in [2.05, 4.69) is 15.5 Å². The first-order chi connectivity index (χ1) is 7.86. The van der Waals surface area contributed by atoms with E-state index in [1.807, 2.05) is 43.3 Å². The Labute approximate surface area is 94.9 Å². The molecule has 0 amide bonds. The average molecular weight is 211 g/mol. The molecule has 0 aliphatic rings. The highest BCUT2D eigenvalue weighted by atomic mass is 15.3. The van der Waals surface area contributed by atoms with Gasteiger partial charge in [0.1, 0.15) is 0 Å². The van der Waals surface area contributed by atoms with Gasteiger partial charge in [-0.15, -0.1) is 0 Å². The van der Waals surface area contributed by atoms with E-state index in [9.17, 15) is 0 Å². The zero-order valence-corrected chi connectivity index (χ0v) is 9.09. The third-order valence-electron chi connectivity index (χ3n) is 2.25. The summed E-state index contributed by atoms with van der Waals surface area (Å²) in [7, 11) is 0. The number of aryl methyl sites for hydroxylation is 1. The molecule has 0 saturated carbocycles. The average Bonchev–Trinajstić information content (AvgIpc) is 2.33. The second-order valence-corrected chi connectivity index (χ2v) is 3.47. The molecule has 0 saturated heterocycles. The van der Waals surface area contributed by atoms with Crippen LogP contribution in [0.15, 0.2) is 53.9 Å². The number of anilines is 1. The molecule has 16 heavy (non-hydrogen) atoms. The second-order valence-electron chi connectivity index (χ2n) is 3.47. The van der Waals surface area contributed by atoms with Gasteiger partial charge in [0.25, 0.3) is 0 Å². The van der Waals surface area contributed by atoms with Crippen molar-refractivity contribution in [2.75, 3.05) is 5.43 Å². The lowest BCUT2D eigenvalue weighted by Crippen LogP contribution is -1.92. The van der Waals surface area contributed by atoms with Crippen molar-refractivity contribution in [2.45, 2.75) is 6.92 Å². The fourth-order valence-electron chi connectivity index (χ4n) is 1.32. The molecule has 0 aliphatic heterocycles. The van der Waals surface area contributed by atoms with Gasteiger partial charge >= 0.3 is 0 Å². The van der Waals surface area contributed by atoms with Gasteiger partial charge in [0.05, 0.1) is 11.9 Å². The van der Waals surface area contributed by atoms with Crippen LogP contribution < -0.4 is 5.43 Å². The van der Waals surface area contributed by atoms with Gasteiger partial charge in [-0.2, -0.15) is 5.10 Å². The van der Waals surface area contributed by atoms with Gasteiger partial charge in [-0.05, 0) is 36.2 Å². The number of nitrogens with one attached hydrogen (secondary N) is 1. The monoisotopic (exact) mass is 211 g/mol. The predicted octanol–water partition coefficient (Wildman–Crippen LogP) is 2.84. The van der Waals surface area contributed by atoms with Gasteiger partial charge in [0, 0.05) is 12.4 Å². The van der Waals surface area contributed by atoms with Crippen molar-refractivity contribution < 1.29 is 0 Å². The van der Waals surface area contributed by atoms with Crippen molar-refractivity contribution >= 4 is 11.9 Å². The van der Waals surface area contributed by atoms with Gasteiger partial charge < -0.3 is 0 Å². The molecular weight excluding hydrogens is 198 g/mol. The molecule has 3 heteroatoms. The Hall–Kier alpha value is -2.16. The first kappa shape index (κ1) is 10.4. The Balaban J connectivity index is 2.03. The quantitative estimate of drug-likeness (QED) is 0.626. The number of benzene rings is 1. The summed E-state index contributed by atoms with van der Waals surface area (Å²) in [4.78, 5) is 3.94. The Kier molecular flexibility index (Phi) is 3.28. The summed E-state index contributed by atoms with van der Waals surface area (Å²) in [6.07, 6.45) is 5.26. The van der Waals surface area contributed by atoms with E-state index in [0.717, 1.165) is 11.3 Å². The van der Waals surface area contributed by atoms with E-state index in [-0.39, 0.29) is 0 Å². The highest BCUT2D eigenvalue weighted by molar-refractivity contribution is 5.79. The first-order valence-electron chi connectivity index (χ1n) is 5.11. The zero-order chi connectivity index (χ0) is 11.2. The van der Waals surface area contributed by atoms with Crippen LogP contribution in [-0.4, -0.2) is 11.2 Å². The topological polar surface area (TPSA) is 37.3 Å². The number of aromatic nitrogens is 1. The van der Waals surface area contributed by atoms with Crippen molar-refractivity contribution in [2.24, 2.45) is 5.10 Å². The fraction of sp³-hybridized carbons (Fsp3) is 0.0769. The van der Waals surface area contributed by atoms with Crippen LogP contribution in [0.1, 0.15) is 11.1 Å². The van der Waals surface area contributed by atoms with Crippen molar-refractivity contribution in [1.82, 2.24) is 4.98 Å². The number of hydrogen-bond donors (Lipinski definition) is 1. The minimum Gasteiger partial charge on any atom is -0.278 e. The molecule has 2 rings (SSSR count). The molecule has 1 aromatic carbocycles. The zero-order valence-electron chi connectivity index (χ0n) is 9.09. The molecule has 80 valence electrons. The van der Waals surface area contributed by atoms with Crippen molar-refractivity contribution in [3.05, 3.63) is 59.9 Å². The van der Waals surface area contributed by atoms with E-state index in [0.29, 0.717) is 0 Å². The molecule has 1 heterocycles. The van der Waals surface area contributed by atoms with E-state index < -0.39 is 0 Å². The van der Waals surface area contributed by atoms with Gasteiger partial charge in [0.2, 0.25) is 0 Å². The lowest BCUT2D eigenvalue weighted by atomic mass is 10.2. The molecule has 1 N–H and O–H groups in total. The molecule has 0 bridgehead atoms. The van der Waals surface area contributed by atoms with E-state index in [1.165, 1.54) is 5.56 Å². The molecule has 0 atom stereocenters. The maximum atomic E-state index is 4.17. The SMILES string of the molecule is Cc1ccccc1N/N=C/c1ccncc1. The van der Waals surface area contributed by atoms with E-state index >= 15 is 0 Å². The molecular formula is C13H13N3. The standard InChI is InChI=1S/C13H13N3/c1-11-4-2-3-5-13(11)16-15-10-12-6-8-14-9-7-12/h2-10,16H,1H3/b15-10+. The normalized spacial score (nSPS) is 10.6. The molecule has 0 radical (unpaired) electrons. The number of hydrogen-bond acceptors (Lipinski definition) is 3. The van der Waals surface area contributed by atoms with Crippen LogP contribution in [0, 0.1) is 6.92 Å². The molecule has 0 fully saturated rings. The second kappa shape index (κ2) is 5.07. The highest BCUT2D eigenvalue weighted by Crippen LogP contribution is 2.12. The highest BCUT2D eigenvalue weighted by Gasteiger charge is 1.92. The summed E-state index contributed by atoms with van der Waals surface area (Å²) in [5, 5.41) is 4.17. The number of nitrogens with zero attached hydrogens (tertiary/aromatic N) is 2. The van der Waals surface area contributed by atoms with Gasteiger partial charge in [-0.25, -0.2) is 0 Å². The maximum Gasteiger partial charge on any atom is 0.0590 e. The van der Waals surface area contributed by atoms with Crippen LogP contribution in [0.5, 0.6) is 0 Å². The molecule has 0 unspecified atom stereocenters. The summed E-state index contributed by atoms with van der Waals surface area (Å²) in [6, 6.07) is 11.8. The van der Waals surface area contributed by atoms with Crippen LogP contribution >= 0.6 is 0 Å². The summed E-state index contributed by atoms with van der Waals surface area (Å²) in [6.45, 7) is 2.05. The van der Waals surface area contributed by atoms with Crippen molar-refractivity contribution in [1.29, 1.82) is 0 Å². The maximum absolute atomic E-state index is 4.17. The van der Waals surface area contributed by atoms with Gasteiger partial charge in [-0.1, -0.05) is 18.2 Å². The van der Waals surface area contributed by atoms with Crippen LogP contribution in [0.3, 0.4) is 0 Å². The smallest absolute Gasteiger partial charge is 0.0590 e. The van der Waals surface area contributed by atoms with Crippen LogP contribution in [0.2, 0.25) is 0 Å². The molecule has 0 aliphatic carbocycles. The number of para-hydroxylation sites is 1. The minimum absolute atomic E-state index is 1.02. The molecule has 1 aromatic heterocycles. The summed E-state index contributed by atoms with van der Waals surface area (Å²) in [5.74, 6) is 0. The first-order valence-corrected chi connectivity index (χ1v) is 5.11. The summed E-state index contributed by atoms with van der Waals surface area (Å²) < 4.78 is 0. The number of pyridine rings is 1. The minimum atomic E-state index is 1.02. The van der Waals surface area contributed by atoms with Gasteiger partial charge in [0.15, 0.2) is 0 Å². The molecule has 2 aromatic rings. The number of hydrazone groups is 1. The summed E-state index contributed by atoms with van der Waals surface area (Å²) >= 11 is 0. The van der Waals surface area contributed by atoms with Gasteiger partial charge in [-0.3, -0.25) is 10.4 Å². The lowest BCUT2D eigenvalue weighted by Gasteiger charge is -2.02. The van der Waals surface area contributed by atoms with E-state index in [1.54, 1.807) is 18.6 Å². The fourth-order valence-corrected chi connectivity index (χ4v) is 1.32.